The van der Waals surface area contributed by atoms with Crippen LogP contribution in [-0.2, 0) is 39.9 Å². The number of Topliss-reactive ketones (excluding diaryl/α,β-unsaturated/α-hetero) is 3. The fourth-order valence-electron chi connectivity index (χ4n) is 7.21. The first-order valence-electron chi connectivity index (χ1n) is 20.1. The van der Waals surface area contributed by atoms with Crippen molar-refractivity contribution in [1.82, 2.24) is 16.0 Å². The second-order valence-electron chi connectivity index (χ2n) is 16.2. The maximum absolute atomic E-state index is 14.8. The van der Waals surface area contributed by atoms with Crippen molar-refractivity contribution in [2.24, 2.45) is 40.9 Å². The van der Waals surface area contributed by atoms with Gasteiger partial charge in [-0.3, -0.25) is 24.0 Å². The third-order valence-electron chi connectivity index (χ3n) is 11.0. The number of carboxylic acid groups (broad SMARTS) is 1. The predicted molar refractivity (Wildman–Crippen MR) is 215 cm³/mol. The molecule has 1 aromatic carbocycles. The molecule has 1 fully saturated rings. The number of carbonyl (C=O) groups excluding carboxylic acids is 5. The number of ether oxygens (including phenoxy) is 1. The van der Waals surface area contributed by atoms with E-state index in [4.69, 9.17) is 21.9 Å². The third-order valence-corrected chi connectivity index (χ3v) is 11.0. The van der Waals surface area contributed by atoms with Crippen LogP contribution in [0.1, 0.15) is 85.6 Å². The summed E-state index contributed by atoms with van der Waals surface area (Å²) >= 11 is 0. The van der Waals surface area contributed by atoms with Gasteiger partial charge >= 0.3 is 5.97 Å². The molecule has 2 amide bonds. The standard InChI is InChI=1S/C42H64N6O9/c1-7-24(6)37(45)39(52)36-34(20-43)57-21-27(35(36)38(51)26(23(4)5)18-33(50)28(44)16-22(2)3)32(49)19-31(42(55)56)48-41(54)30(17-25-12-9-8-10-13-25)47-40(53)29-14-11-15-46-29/h8-10,12-13,22-24,26,28-31,33,37,46,50H,7,11,14-21,43-45H2,1-6H3,(H,47,53)(H,48,54)(H,55,56)/t24-,26?,28-,29-,30-,31-,33-,37-/m0/s1. The van der Waals surface area contributed by atoms with E-state index in [1.807, 2.05) is 20.8 Å². The molecule has 0 aliphatic carbocycles. The van der Waals surface area contributed by atoms with Gasteiger partial charge in [-0.25, -0.2) is 4.79 Å². The molecule has 2 heterocycles. The summed E-state index contributed by atoms with van der Waals surface area (Å²) in [7, 11) is 0. The number of nitrogens with two attached hydrogens (primary N) is 3. The molecule has 2 aliphatic rings. The number of carboxylic acids is 1. The van der Waals surface area contributed by atoms with E-state index < -0.39 is 96.3 Å². The Bertz CT molecular complexity index is 1650. The molecular weight excluding hydrogens is 732 g/mol. The second kappa shape index (κ2) is 22.0. The van der Waals surface area contributed by atoms with Crippen molar-refractivity contribution in [3.8, 4) is 0 Å². The zero-order chi connectivity index (χ0) is 42.6. The number of hydrogen-bond donors (Lipinski definition) is 8. The second-order valence-corrected chi connectivity index (χ2v) is 16.2. The van der Waals surface area contributed by atoms with Gasteiger partial charge in [0.1, 0.15) is 24.4 Å². The van der Waals surface area contributed by atoms with Gasteiger partial charge < -0.3 is 48.1 Å². The predicted octanol–water partition coefficient (Wildman–Crippen LogP) is 1.44. The molecule has 0 spiro atoms. The van der Waals surface area contributed by atoms with Gasteiger partial charge in [-0.15, -0.1) is 0 Å². The SMILES string of the molecule is CC[C@H](C)[C@H](N)C(=O)C1=C(CN)OCC(C(=O)C[C@H](NC(=O)[C@H](Cc2ccccc2)NC(=O)[C@@H]2CCCN2)C(=O)O)=C1C(=O)C(C[C@H](O)[C@@H](N)CC(C)C)C(C)C. The fraction of sp³-hybridized carbons (Fsp3) is 0.619. The molecule has 15 nitrogen and oxygen atoms in total. The van der Waals surface area contributed by atoms with Gasteiger partial charge in [0.15, 0.2) is 17.3 Å². The number of hydrogen-bond acceptors (Lipinski definition) is 12. The molecule has 2 aliphatic heterocycles. The minimum atomic E-state index is -1.80. The largest absolute Gasteiger partial charge is 0.491 e. The van der Waals surface area contributed by atoms with Crippen molar-refractivity contribution >= 4 is 35.1 Å². The van der Waals surface area contributed by atoms with Gasteiger partial charge in [0, 0.05) is 35.9 Å². The van der Waals surface area contributed by atoms with Crippen LogP contribution in [0.3, 0.4) is 0 Å². The van der Waals surface area contributed by atoms with Crippen LogP contribution < -0.4 is 33.2 Å². The molecule has 15 heteroatoms. The summed E-state index contributed by atoms with van der Waals surface area (Å²) in [5, 5.41) is 29.7. The monoisotopic (exact) mass is 796 g/mol. The van der Waals surface area contributed by atoms with Crippen molar-refractivity contribution < 1.29 is 43.7 Å². The normalized spacial score (nSPS) is 19.6. The van der Waals surface area contributed by atoms with Crippen LogP contribution in [0.2, 0.25) is 0 Å². The quantitative estimate of drug-likeness (QED) is 0.0781. The number of allylic oxidation sites excluding steroid dienone is 1. The van der Waals surface area contributed by atoms with E-state index in [1.54, 1.807) is 51.1 Å². The third kappa shape index (κ3) is 12.9. The first-order chi connectivity index (χ1) is 26.9. The summed E-state index contributed by atoms with van der Waals surface area (Å²) in [4.78, 5) is 83.0. The lowest BCUT2D eigenvalue weighted by molar-refractivity contribution is -0.143. The fourth-order valence-corrected chi connectivity index (χ4v) is 7.21. The molecule has 8 atom stereocenters. The van der Waals surface area contributed by atoms with Crippen molar-refractivity contribution in [2.75, 3.05) is 19.7 Å². The summed E-state index contributed by atoms with van der Waals surface area (Å²) in [6.45, 7) is 10.9. The van der Waals surface area contributed by atoms with Gasteiger partial charge in [-0.05, 0) is 55.5 Å². The molecule has 1 saturated heterocycles. The Kier molecular flexibility index (Phi) is 18.2. The zero-order valence-corrected chi connectivity index (χ0v) is 34.2. The first kappa shape index (κ1) is 47.1. The molecule has 1 aromatic rings. The molecule has 316 valence electrons. The van der Waals surface area contributed by atoms with Crippen LogP contribution in [0.5, 0.6) is 0 Å². The number of aliphatic carboxylic acids is 1. The number of aliphatic hydroxyl groups is 1. The Morgan fingerprint density at radius 3 is 2.14 bits per heavy atom. The Labute approximate surface area is 336 Å². The number of amides is 2. The lowest BCUT2D eigenvalue weighted by Gasteiger charge is -2.32. The van der Waals surface area contributed by atoms with E-state index in [0.29, 0.717) is 31.4 Å². The molecule has 0 aromatic heterocycles. The van der Waals surface area contributed by atoms with Gasteiger partial charge in [-0.2, -0.15) is 0 Å². The van der Waals surface area contributed by atoms with E-state index in [9.17, 15) is 39.0 Å². The average Bonchev–Trinajstić information content (AvgIpc) is 3.73. The number of nitrogens with one attached hydrogen (secondary N) is 3. The van der Waals surface area contributed by atoms with E-state index in [2.05, 4.69) is 16.0 Å². The lowest BCUT2D eigenvalue weighted by atomic mass is 9.75. The topological polar surface area (TPSA) is 266 Å². The highest BCUT2D eigenvalue weighted by Crippen LogP contribution is 2.35. The van der Waals surface area contributed by atoms with E-state index in [1.165, 1.54) is 0 Å². The van der Waals surface area contributed by atoms with E-state index >= 15 is 0 Å². The van der Waals surface area contributed by atoms with Crippen LogP contribution in [0.15, 0.2) is 52.8 Å². The maximum Gasteiger partial charge on any atom is 0.326 e. The number of aliphatic hydroxyl groups excluding tert-OH is 1. The summed E-state index contributed by atoms with van der Waals surface area (Å²) in [5.74, 6) is -6.50. The smallest absolute Gasteiger partial charge is 0.326 e. The highest BCUT2D eigenvalue weighted by atomic mass is 16.5. The molecule has 0 radical (unpaired) electrons. The van der Waals surface area contributed by atoms with Crippen LogP contribution in [0.25, 0.3) is 0 Å². The van der Waals surface area contributed by atoms with Crippen molar-refractivity contribution in [1.29, 1.82) is 0 Å². The van der Waals surface area contributed by atoms with Crippen molar-refractivity contribution in [2.45, 2.75) is 123 Å². The number of ketones is 3. The minimum absolute atomic E-state index is 0.0426. The van der Waals surface area contributed by atoms with Gasteiger partial charge in [-0.1, -0.05) is 78.3 Å². The van der Waals surface area contributed by atoms with Crippen LogP contribution in [-0.4, -0.2) is 101 Å². The van der Waals surface area contributed by atoms with E-state index in [0.717, 1.165) is 6.42 Å². The highest BCUT2D eigenvalue weighted by molar-refractivity contribution is 6.20. The summed E-state index contributed by atoms with van der Waals surface area (Å²) in [6.07, 6.45) is 0.415. The molecule has 1 unspecified atom stereocenters. The van der Waals surface area contributed by atoms with Crippen molar-refractivity contribution in [3.05, 3.63) is 58.4 Å². The van der Waals surface area contributed by atoms with Gasteiger partial charge in [0.25, 0.3) is 0 Å². The first-order valence-corrected chi connectivity index (χ1v) is 20.1. The van der Waals surface area contributed by atoms with Gasteiger partial charge in [0.2, 0.25) is 11.8 Å². The highest BCUT2D eigenvalue weighted by Gasteiger charge is 2.42. The Balaban J connectivity index is 2.07. The summed E-state index contributed by atoms with van der Waals surface area (Å²) in [6, 6.07) is 3.62. The van der Waals surface area contributed by atoms with Crippen LogP contribution in [0.4, 0.5) is 0 Å². The number of rotatable bonds is 23. The Morgan fingerprint density at radius 2 is 1.60 bits per heavy atom. The molecule has 11 N–H and O–H groups in total. The zero-order valence-electron chi connectivity index (χ0n) is 34.2. The van der Waals surface area contributed by atoms with Crippen LogP contribution in [0, 0.1) is 23.7 Å². The summed E-state index contributed by atoms with van der Waals surface area (Å²) < 4.78 is 5.85. The Hall–Kier alpha value is -4.28. The molecule has 0 bridgehead atoms. The lowest BCUT2D eigenvalue weighted by Crippen LogP contribution is -2.55. The van der Waals surface area contributed by atoms with Gasteiger partial charge in [0.05, 0.1) is 30.3 Å². The Morgan fingerprint density at radius 1 is 0.930 bits per heavy atom. The van der Waals surface area contributed by atoms with Crippen LogP contribution >= 0.6 is 0 Å². The van der Waals surface area contributed by atoms with E-state index in [-0.39, 0.29) is 53.7 Å². The average molecular weight is 797 g/mol. The summed E-state index contributed by atoms with van der Waals surface area (Å²) in [5.41, 5.74) is 18.7. The molecule has 0 saturated carbocycles. The maximum atomic E-state index is 14.8. The molecular formula is C42H64N6O9. The number of benzene rings is 1. The molecule has 57 heavy (non-hydrogen) atoms. The number of carbonyl (C=O) groups is 6. The minimum Gasteiger partial charge on any atom is -0.491 e. The molecule has 3 rings (SSSR count). The van der Waals surface area contributed by atoms with Crippen molar-refractivity contribution in [3.63, 3.8) is 0 Å².